The zero-order valence-corrected chi connectivity index (χ0v) is 16.5. The molecule has 146 valence electrons. The molecule has 0 aliphatic heterocycles. The average molecular weight is 373 g/mol. The molecule has 0 atom stereocenters. The minimum absolute atomic E-state index is 0.267. The first-order chi connectivity index (χ1) is 12.7. The molecular weight excluding hydrogens is 346 g/mol. The monoisotopic (exact) mass is 373 g/mol. The number of amides is 1. The first-order valence-corrected chi connectivity index (χ1v) is 8.83. The van der Waals surface area contributed by atoms with Crippen LogP contribution >= 0.6 is 0 Å². The maximum absolute atomic E-state index is 12.8. The van der Waals surface area contributed by atoms with E-state index in [9.17, 15) is 14.4 Å². The highest BCUT2D eigenvalue weighted by molar-refractivity contribution is 6.03. The molecule has 1 aromatic rings. The number of hydrogen-bond acceptors (Lipinski definition) is 5. The van der Waals surface area contributed by atoms with Crippen LogP contribution in [0, 0.1) is 0 Å². The lowest BCUT2D eigenvalue weighted by Gasteiger charge is -2.22. The second-order valence-corrected chi connectivity index (χ2v) is 6.69. The number of rotatable bonds is 7. The molecule has 6 heteroatoms. The predicted molar refractivity (Wildman–Crippen MR) is 105 cm³/mol. The topological polar surface area (TPSA) is 81.7 Å². The zero-order chi connectivity index (χ0) is 20.4. The second kappa shape index (κ2) is 10.3. The fourth-order valence-electron chi connectivity index (χ4n) is 2.23. The molecule has 0 radical (unpaired) electrons. The van der Waals surface area contributed by atoms with E-state index in [1.165, 1.54) is 24.3 Å². The van der Waals surface area contributed by atoms with Crippen LogP contribution in [0.15, 0.2) is 30.4 Å². The summed E-state index contributed by atoms with van der Waals surface area (Å²) in [7, 11) is 0. The van der Waals surface area contributed by atoms with E-state index in [0.29, 0.717) is 16.7 Å². The Morgan fingerprint density at radius 3 is 1.74 bits per heavy atom. The van der Waals surface area contributed by atoms with E-state index in [2.05, 4.69) is 5.32 Å². The van der Waals surface area contributed by atoms with Crippen molar-refractivity contribution < 1.29 is 23.9 Å². The van der Waals surface area contributed by atoms with E-state index < -0.39 is 17.5 Å². The van der Waals surface area contributed by atoms with Gasteiger partial charge in [-0.3, -0.25) is 4.79 Å². The molecule has 0 saturated heterocycles. The largest absolute Gasteiger partial charge is 0.463 e. The second-order valence-electron chi connectivity index (χ2n) is 6.69. The first kappa shape index (κ1) is 22.2. The lowest BCUT2D eigenvalue weighted by atomic mass is 9.97. The smallest absolute Gasteiger partial charge is 0.330 e. The number of nitrogens with one attached hydrogen (secondary N) is 1. The van der Waals surface area contributed by atoms with Crippen LogP contribution < -0.4 is 5.32 Å². The van der Waals surface area contributed by atoms with E-state index in [1.807, 2.05) is 20.8 Å². The van der Waals surface area contributed by atoms with E-state index in [0.717, 1.165) is 0 Å². The van der Waals surface area contributed by atoms with Gasteiger partial charge in [0.25, 0.3) is 5.91 Å². The molecule has 27 heavy (non-hydrogen) atoms. The van der Waals surface area contributed by atoms with Gasteiger partial charge in [0.15, 0.2) is 0 Å². The van der Waals surface area contributed by atoms with Crippen molar-refractivity contribution in [3.63, 3.8) is 0 Å². The maximum Gasteiger partial charge on any atom is 0.330 e. The summed E-state index contributed by atoms with van der Waals surface area (Å²) in [6.45, 7) is 9.58. The Kier molecular flexibility index (Phi) is 8.45. The van der Waals surface area contributed by atoms with E-state index in [-0.39, 0.29) is 19.1 Å². The van der Waals surface area contributed by atoms with Crippen molar-refractivity contribution >= 4 is 30.0 Å². The van der Waals surface area contributed by atoms with Crippen molar-refractivity contribution in [1.29, 1.82) is 0 Å². The fraction of sp³-hybridized carbons (Fsp3) is 0.381. The molecule has 0 unspecified atom stereocenters. The Labute approximate surface area is 160 Å². The van der Waals surface area contributed by atoms with Gasteiger partial charge >= 0.3 is 11.9 Å². The summed E-state index contributed by atoms with van der Waals surface area (Å²) >= 11 is 0. The quantitative estimate of drug-likeness (QED) is 0.585. The third-order valence-corrected chi connectivity index (χ3v) is 3.22. The Morgan fingerprint density at radius 1 is 0.926 bits per heavy atom. The lowest BCUT2D eigenvalue weighted by Crippen LogP contribution is -2.41. The fourth-order valence-corrected chi connectivity index (χ4v) is 2.23. The number of esters is 2. The molecule has 1 aromatic carbocycles. The predicted octanol–water partition coefficient (Wildman–Crippen LogP) is 3.37. The van der Waals surface area contributed by atoms with Crippen molar-refractivity contribution in [2.75, 3.05) is 13.2 Å². The Hall–Kier alpha value is -2.89. The third-order valence-electron chi connectivity index (χ3n) is 3.22. The summed E-state index contributed by atoms with van der Waals surface area (Å²) in [5, 5.41) is 2.90. The van der Waals surface area contributed by atoms with Crippen molar-refractivity contribution in [3.8, 4) is 0 Å². The van der Waals surface area contributed by atoms with Crippen LogP contribution in [0.1, 0.15) is 56.1 Å². The third kappa shape index (κ3) is 7.90. The number of hydrogen-bond donors (Lipinski definition) is 1. The van der Waals surface area contributed by atoms with Gasteiger partial charge in [-0.15, -0.1) is 0 Å². The summed E-state index contributed by atoms with van der Waals surface area (Å²) in [5.74, 6) is -1.30. The van der Waals surface area contributed by atoms with Gasteiger partial charge < -0.3 is 14.8 Å². The molecule has 0 saturated carbocycles. The van der Waals surface area contributed by atoms with Crippen LogP contribution in [-0.4, -0.2) is 36.6 Å². The normalized spacial score (nSPS) is 11.6. The molecule has 0 bridgehead atoms. The van der Waals surface area contributed by atoms with Crippen LogP contribution in [-0.2, 0) is 19.1 Å². The van der Waals surface area contributed by atoms with Crippen LogP contribution in [0.4, 0.5) is 0 Å². The molecule has 1 rings (SSSR count). The van der Waals surface area contributed by atoms with Crippen LogP contribution in [0.3, 0.4) is 0 Å². The zero-order valence-electron chi connectivity index (χ0n) is 16.5. The van der Waals surface area contributed by atoms with Gasteiger partial charge in [0.05, 0.1) is 18.8 Å². The Morgan fingerprint density at radius 2 is 1.37 bits per heavy atom. The number of ether oxygens (including phenoxy) is 2. The Balaban J connectivity index is 3.33. The molecule has 0 spiro atoms. The van der Waals surface area contributed by atoms with Gasteiger partial charge in [0, 0.05) is 17.7 Å². The number of carbonyl (C=O) groups excluding carboxylic acids is 3. The molecule has 1 N–H and O–H groups in total. The van der Waals surface area contributed by atoms with Crippen molar-refractivity contribution in [3.05, 3.63) is 47.0 Å². The highest BCUT2D eigenvalue weighted by atomic mass is 16.5. The molecule has 0 fully saturated rings. The number of carbonyl (C=O) groups is 3. The van der Waals surface area contributed by atoms with Crippen LogP contribution in [0.5, 0.6) is 0 Å². The average Bonchev–Trinajstić information content (AvgIpc) is 2.57. The van der Waals surface area contributed by atoms with Gasteiger partial charge in [-0.1, -0.05) is 18.2 Å². The molecule has 0 aliphatic carbocycles. The standard InChI is InChI=1S/C21H27NO5/c1-6-26-17(23)13-11-15-9-8-10-16(12-14-18(24)27-7-2)19(15)20(25)22-21(3,4)5/h8-14H,6-7H2,1-5H3,(H,22,25)/b13-11+,14-12+. The highest BCUT2D eigenvalue weighted by Gasteiger charge is 2.19. The highest BCUT2D eigenvalue weighted by Crippen LogP contribution is 2.20. The summed E-state index contributed by atoms with van der Waals surface area (Å²) in [6.07, 6.45) is 5.59. The summed E-state index contributed by atoms with van der Waals surface area (Å²) in [4.78, 5) is 36.1. The minimum Gasteiger partial charge on any atom is -0.463 e. The van der Waals surface area contributed by atoms with Gasteiger partial charge in [-0.05, 0) is 57.9 Å². The van der Waals surface area contributed by atoms with E-state index in [4.69, 9.17) is 9.47 Å². The summed E-state index contributed by atoms with van der Waals surface area (Å²) < 4.78 is 9.76. The van der Waals surface area contributed by atoms with Crippen molar-refractivity contribution in [1.82, 2.24) is 5.32 Å². The van der Waals surface area contributed by atoms with E-state index >= 15 is 0 Å². The molecule has 0 aromatic heterocycles. The molecule has 0 aliphatic rings. The molecule has 1 amide bonds. The number of benzene rings is 1. The van der Waals surface area contributed by atoms with Gasteiger partial charge in [-0.25, -0.2) is 9.59 Å². The summed E-state index contributed by atoms with van der Waals surface area (Å²) in [5.41, 5.74) is 0.983. The lowest BCUT2D eigenvalue weighted by molar-refractivity contribution is -0.138. The molecule has 0 heterocycles. The van der Waals surface area contributed by atoms with Crippen LogP contribution in [0.2, 0.25) is 0 Å². The maximum atomic E-state index is 12.8. The van der Waals surface area contributed by atoms with Gasteiger partial charge in [-0.2, -0.15) is 0 Å². The van der Waals surface area contributed by atoms with Crippen molar-refractivity contribution in [2.24, 2.45) is 0 Å². The SMILES string of the molecule is CCOC(=O)/C=C/c1cccc(/C=C/C(=O)OCC)c1C(=O)NC(C)(C)C. The Bertz CT molecular complexity index is 695. The van der Waals surface area contributed by atoms with Gasteiger partial charge in [0.2, 0.25) is 0 Å². The summed E-state index contributed by atoms with van der Waals surface area (Å²) in [6, 6.07) is 5.17. The van der Waals surface area contributed by atoms with E-state index in [1.54, 1.807) is 32.0 Å². The van der Waals surface area contributed by atoms with Crippen LogP contribution in [0.25, 0.3) is 12.2 Å². The van der Waals surface area contributed by atoms with Crippen molar-refractivity contribution in [2.45, 2.75) is 40.2 Å². The molecule has 6 nitrogen and oxygen atoms in total. The first-order valence-electron chi connectivity index (χ1n) is 8.83. The molecular formula is C21H27NO5. The minimum atomic E-state index is -0.493. The van der Waals surface area contributed by atoms with Gasteiger partial charge in [0.1, 0.15) is 0 Å².